The minimum absolute atomic E-state index is 0.0711. The normalized spacial score (nSPS) is 18.4. The van der Waals surface area contributed by atoms with Gasteiger partial charge < -0.3 is 10.0 Å². The number of hydrogen-bond donors (Lipinski definition) is 1. The number of nitrogens with zero attached hydrogens (tertiary/aromatic N) is 4. The zero-order valence-corrected chi connectivity index (χ0v) is 11.5. The number of piperidine rings is 1. The predicted molar refractivity (Wildman–Crippen MR) is 68.9 cm³/mol. The average Bonchev–Trinajstić information content (AvgIpc) is 2.78. The van der Waals surface area contributed by atoms with Gasteiger partial charge in [0.05, 0.1) is 6.54 Å². The van der Waals surface area contributed by atoms with E-state index < -0.39 is 5.97 Å². The molecule has 6 nitrogen and oxygen atoms in total. The molecule has 7 heteroatoms. The van der Waals surface area contributed by atoms with E-state index in [2.05, 4.69) is 33.3 Å². The Bertz CT molecular complexity index is 415. The first-order chi connectivity index (χ1) is 8.56. The minimum atomic E-state index is -0.999. The fourth-order valence-corrected chi connectivity index (χ4v) is 2.71. The van der Waals surface area contributed by atoms with Crippen molar-refractivity contribution >= 4 is 17.5 Å². The lowest BCUT2D eigenvalue weighted by Gasteiger charge is -2.34. The molecule has 0 spiro atoms. The lowest BCUT2D eigenvalue weighted by molar-refractivity contribution is 0.0696. The van der Waals surface area contributed by atoms with Gasteiger partial charge in [-0.2, -0.15) is 4.37 Å². The molecule has 0 unspecified atom stereocenters. The van der Waals surface area contributed by atoms with Crippen molar-refractivity contribution in [2.24, 2.45) is 0 Å². The van der Waals surface area contributed by atoms with E-state index in [1.54, 1.807) is 0 Å². The zero-order chi connectivity index (χ0) is 13.1. The van der Waals surface area contributed by atoms with Gasteiger partial charge in [-0.05, 0) is 51.6 Å². The molecule has 100 valence electrons. The van der Waals surface area contributed by atoms with E-state index in [1.165, 1.54) is 0 Å². The SMILES string of the molecule is CN1CCC(N(C)Cc2nsc(C(=O)O)n2)CC1. The third kappa shape index (κ3) is 3.24. The third-order valence-electron chi connectivity index (χ3n) is 3.35. The van der Waals surface area contributed by atoms with Crippen LogP contribution in [-0.4, -0.2) is 63.5 Å². The second-order valence-electron chi connectivity index (χ2n) is 4.77. The molecule has 2 rings (SSSR count). The molecule has 0 atom stereocenters. The van der Waals surface area contributed by atoms with Crippen LogP contribution in [0.25, 0.3) is 0 Å². The van der Waals surface area contributed by atoms with Gasteiger partial charge >= 0.3 is 5.97 Å². The highest BCUT2D eigenvalue weighted by Gasteiger charge is 2.22. The molecule has 0 aromatic carbocycles. The summed E-state index contributed by atoms with van der Waals surface area (Å²) in [6.45, 7) is 2.85. The molecule has 1 aliphatic rings. The molecule has 0 bridgehead atoms. The maximum atomic E-state index is 10.7. The van der Waals surface area contributed by atoms with Crippen LogP contribution in [0.15, 0.2) is 0 Å². The Kier molecular flexibility index (Phi) is 4.26. The van der Waals surface area contributed by atoms with Crippen molar-refractivity contribution in [2.45, 2.75) is 25.4 Å². The van der Waals surface area contributed by atoms with Crippen molar-refractivity contribution in [1.29, 1.82) is 0 Å². The van der Waals surface area contributed by atoms with Crippen LogP contribution in [0.3, 0.4) is 0 Å². The Hall–Kier alpha value is -1.05. The number of likely N-dealkylation sites (tertiary alicyclic amines) is 1. The van der Waals surface area contributed by atoms with Gasteiger partial charge in [0.25, 0.3) is 0 Å². The molecule has 0 radical (unpaired) electrons. The van der Waals surface area contributed by atoms with Crippen molar-refractivity contribution in [3.63, 3.8) is 0 Å². The maximum Gasteiger partial charge on any atom is 0.366 e. The van der Waals surface area contributed by atoms with Crippen LogP contribution >= 0.6 is 11.5 Å². The molecule has 0 aliphatic carbocycles. The van der Waals surface area contributed by atoms with Gasteiger partial charge in [-0.1, -0.05) is 0 Å². The number of carboxylic acids is 1. The second-order valence-corrected chi connectivity index (χ2v) is 5.52. The maximum absolute atomic E-state index is 10.7. The molecule has 1 aromatic rings. The predicted octanol–water partition coefficient (Wildman–Crippen LogP) is 0.762. The first kappa shape index (κ1) is 13.4. The van der Waals surface area contributed by atoms with Crippen LogP contribution in [0.4, 0.5) is 0 Å². The Morgan fingerprint density at radius 2 is 2.22 bits per heavy atom. The molecule has 1 aromatic heterocycles. The van der Waals surface area contributed by atoms with Crippen LogP contribution in [0, 0.1) is 0 Å². The first-order valence-corrected chi connectivity index (χ1v) is 6.78. The van der Waals surface area contributed by atoms with Crippen molar-refractivity contribution in [3.05, 3.63) is 10.8 Å². The quantitative estimate of drug-likeness (QED) is 0.871. The molecular weight excluding hydrogens is 252 g/mol. The highest BCUT2D eigenvalue weighted by atomic mass is 32.1. The lowest BCUT2D eigenvalue weighted by atomic mass is 10.0. The number of rotatable bonds is 4. The number of hydrogen-bond acceptors (Lipinski definition) is 6. The minimum Gasteiger partial charge on any atom is -0.476 e. The summed E-state index contributed by atoms with van der Waals surface area (Å²) in [7, 11) is 4.19. The summed E-state index contributed by atoms with van der Waals surface area (Å²) in [5, 5.41) is 8.87. The summed E-state index contributed by atoms with van der Waals surface area (Å²) in [6.07, 6.45) is 2.28. The second kappa shape index (κ2) is 5.73. The third-order valence-corrected chi connectivity index (χ3v) is 4.09. The van der Waals surface area contributed by atoms with Gasteiger partial charge in [0, 0.05) is 6.04 Å². The Morgan fingerprint density at radius 1 is 1.56 bits per heavy atom. The van der Waals surface area contributed by atoms with E-state index in [0.29, 0.717) is 18.4 Å². The molecule has 2 heterocycles. The van der Waals surface area contributed by atoms with Gasteiger partial charge in [0.1, 0.15) is 0 Å². The fraction of sp³-hybridized carbons (Fsp3) is 0.727. The molecule has 0 saturated carbocycles. The van der Waals surface area contributed by atoms with Crippen molar-refractivity contribution in [2.75, 3.05) is 27.2 Å². The monoisotopic (exact) mass is 270 g/mol. The summed E-state index contributed by atoms with van der Waals surface area (Å²) in [4.78, 5) is 19.3. The zero-order valence-electron chi connectivity index (χ0n) is 10.7. The lowest BCUT2D eigenvalue weighted by Crippen LogP contribution is -2.41. The van der Waals surface area contributed by atoms with Gasteiger partial charge in [-0.15, -0.1) is 0 Å². The molecule has 1 N–H and O–H groups in total. The summed E-state index contributed by atoms with van der Waals surface area (Å²) in [5.41, 5.74) is 0. The van der Waals surface area contributed by atoms with Crippen LogP contribution in [0.5, 0.6) is 0 Å². The Balaban J connectivity index is 1.90. The first-order valence-electron chi connectivity index (χ1n) is 6.01. The number of aromatic carboxylic acids is 1. The number of carboxylic acid groups (broad SMARTS) is 1. The molecule has 0 amide bonds. The Morgan fingerprint density at radius 3 is 2.78 bits per heavy atom. The largest absolute Gasteiger partial charge is 0.476 e. The molecule has 18 heavy (non-hydrogen) atoms. The summed E-state index contributed by atoms with van der Waals surface area (Å²) >= 11 is 0.951. The van der Waals surface area contributed by atoms with Crippen LogP contribution in [0.2, 0.25) is 0 Å². The molecule has 1 saturated heterocycles. The van der Waals surface area contributed by atoms with Gasteiger partial charge in [-0.3, -0.25) is 4.90 Å². The van der Waals surface area contributed by atoms with Crippen molar-refractivity contribution < 1.29 is 9.90 Å². The van der Waals surface area contributed by atoms with E-state index in [-0.39, 0.29) is 5.01 Å². The molecule has 1 aliphatic heterocycles. The van der Waals surface area contributed by atoms with Gasteiger partial charge in [0.2, 0.25) is 5.01 Å². The van der Waals surface area contributed by atoms with Gasteiger partial charge in [-0.25, -0.2) is 9.78 Å². The molecular formula is C11H18N4O2S. The van der Waals surface area contributed by atoms with E-state index in [9.17, 15) is 4.79 Å². The average molecular weight is 270 g/mol. The molecule has 1 fully saturated rings. The highest BCUT2D eigenvalue weighted by molar-refractivity contribution is 7.07. The van der Waals surface area contributed by atoms with Crippen molar-refractivity contribution in [1.82, 2.24) is 19.2 Å². The summed E-state index contributed by atoms with van der Waals surface area (Å²) in [5.74, 6) is -0.389. The van der Waals surface area contributed by atoms with Crippen LogP contribution in [0.1, 0.15) is 28.5 Å². The fourth-order valence-electron chi connectivity index (χ4n) is 2.19. The van der Waals surface area contributed by atoms with E-state index >= 15 is 0 Å². The number of carbonyl (C=O) groups is 1. The topological polar surface area (TPSA) is 69.6 Å². The van der Waals surface area contributed by atoms with Crippen molar-refractivity contribution in [3.8, 4) is 0 Å². The van der Waals surface area contributed by atoms with E-state index in [4.69, 9.17) is 5.11 Å². The van der Waals surface area contributed by atoms with Crippen LogP contribution in [-0.2, 0) is 6.54 Å². The Labute approximate surface area is 110 Å². The van der Waals surface area contributed by atoms with Crippen LogP contribution < -0.4 is 0 Å². The smallest absolute Gasteiger partial charge is 0.366 e. The highest BCUT2D eigenvalue weighted by Crippen LogP contribution is 2.16. The number of aromatic nitrogens is 2. The summed E-state index contributed by atoms with van der Waals surface area (Å²) in [6, 6.07) is 0.540. The standard InChI is InChI=1S/C11H18N4O2S/c1-14-5-3-8(4-6-14)15(2)7-9-12-10(11(16)17)18-13-9/h8H,3-7H2,1-2H3,(H,16,17). The van der Waals surface area contributed by atoms with E-state index in [1.807, 2.05) is 0 Å². The van der Waals surface area contributed by atoms with E-state index in [0.717, 1.165) is 37.5 Å². The van der Waals surface area contributed by atoms with Gasteiger partial charge in [0.15, 0.2) is 5.82 Å². The summed E-state index contributed by atoms with van der Waals surface area (Å²) < 4.78 is 4.08.